The number of para-hydroxylation sites is 1. The van der Waals surface area contributed by atoms with Crippen molar-refractivity contribution in [2.24, 2.45) is 0 Å². The first kappa shape index (κ1) is 12.1. The predicted molar refractivity (Wildman–Crippen MR) is 80.0 cm³/mol. The van der Waals surface area contributed by atoms with Crippen LogP contribution in [0.3, 0.4) is 0 Å². The number of hydrogen-bond donors (Lipinski definition) is 0. The summed E-state index contributed by atoms with van der Waals surface area (Å²) in [4.78, 5) is 0. The highest BCUT2D eigenvalue weighted by Crippen LogP contribution is 2.34. The predicted octanol–water partition coefficient (Wildman–Crippen LogP) is 3.84. The van der Waals surface area contributed by atoms with Crippen LogP contribution in [0.25, 0.3) is 5.69 Å². The molecule has 2 aromatic rings. The lowest BCUT2D eigenvalue weighted by molar-refractivity contribution is 0.648. The Morgan fingerprint density at radius 2 is 1.89 bits per heavy atom. The molecule has 4 heteroatoms. The molecule has 3 rings (SSSR count). The normalized spacial score (nSPS) is 16.3. The maximum Gasteiger partial charge on any atom is 0.140 e. The summed E-state index contributed by atoms with van der Waals surface area (Å²) in [6.07, 6.45) is 5.15. The van der Waals surface area contributed by atoms with E-state index in [0.29, 0.717) is 5.92 Å². The van der Waals surface area contributed by atoms with Crippen molar-refractivity contribution in [1.29, 1.82) is 0 Å². The highest BCUT2D eigenvalue weighted by atomic mass is 127. The van der Waals surface area contributed by atoms with Crippen LogP contribution in [0.1, 0.15) is 43.3 Å². The van der Waals surface area contributed by atoms with Gasteiger partial charge in [0.1, 0.15) is 11.6 Å². The van der Waals surface area contributed by atoms with Gasteiger partial charge in [0.2, 0.25) is 0 Å². The molecule has 0 N–H and O–H groups in total. The van der Waals surface area contributed by atoms with Crippen LogP contribution in [0.2, 0.25) is 0 Å². The van der Waals surface area contributed by atoms with Crippen LogP contribution >= 0.6 is 22.6 Å². The van der Waals surface area contributed by atoms with Crippen LogP contribution in [0.5, 0.6) is 0 Å². The van der Waals surface area contributed by atoms with E-state index in [1.807, 2.05) is 6.92 Å². The molecule has 1 aromatic carbocycles. The number of hydrogen-bond acceptors (Lipinski definition) is 2. The monoisotopic (exact) mass is 353 g/mol. The van der Waals surface area contributed by atoms with Gasteiger partial charge in [-0.3, -0.25) is 4.57 Å². The summed E-state index contributed by atoms with van der Waals surface area (Å²) >= 11 is 2.38. The van der Waals surface area contributed by atoms with Gasteiger partial charge in [0.05, 0.1) is 5.69 Å². The summed E-state index contributed by atoms with van der Waals surface area (Å²) in [6.45, 7) is 2.04. The Kier molecular flexibility index (Phi) is 3.37. The molecule has 0 bridgehead atoms. The average Bonchev–Trinajstić information content (AvgIpc) is 2.99. The molecule has 1 aromatic heterocycles. The molecule has 1 heterocycles. The average molecular weight is 353 g/mol. The molecule has 0 aliphatic heterocycles. The molecule has 0 unspecified atom stereocenters. The van der Waals surface area contributed by atoms with Gasteiger partial charge >= 0.3 is 0 Å². The fourth-order valence-corrected chi connectivity index (χ4v) is 3.39. The first-order valence-corrected chi connectivity index (χ1v) is 7.52. The van der Waals surface area contributed by atoms with Gasteiger partial charge < -0.3 is 0 Å². The van der Waals surface area contributed by atoms with Crippen LogP contribution in [-0.4, -0.2) is 14.8 Å². The fraction of sp³-hybridized carbons (Fsp3) is 0.429. The highest BCUT2D eigenvalue weighted by molar-refractivity contribution is 14.1. The zero-order chi connectivity index (χ0) is 12.5. The van der Waals surface area contributed by atoms with E-state index in [1.165, 1.54) is 34.9 Å². The summed E-state index contributed by atoms with van der Waals surface area (Å²) in [6, 6.07) is 8.43. The Balaban J connectivity index is 2.11. The van der Waals surface area contributed by atoms with Gasteiger partial charge in [0.25, 0.3) is 0 Å². The van der Waals surface area contributed by atoms with Crippen molar-refractivity contribution >= 4 is 22.6 Å². The molecule has 0 spiro atoms. The van der Waals surface area contributed by atoms with Crippen molar-refractivity contribution in [2.75, 3.05) is 0 Å². The third-order valence-corrected chi connectivity index (χ3v) is 4.58. The van der Waals surface area contributed by atoms with Gasteiger partial charge in [-0.15, -0.1) is 10.2 Å². The quantitative estimate of drug-likeness (QED) is 0.768. The smallest absolute Gasteiger partial charge is 0.140 e. The van der Waals surface area contributed by atoms with Gasteiger partial charge in [-0.2, -0.15) is 0 Å². The number of halogens is 1. The van der Waals surface area contributed by atoms with Crippen molar-refractivity contribution in [3.63, 3.8) is 0 Å². The molecule has 18 heavy (non-hydrogen) atoms. The van der Waals surface area contributed by atoms with E-state index in [1.54, 1.807) is 0 Å². The SMILES string of the molecule is Cc1nnc(C2CCCC2)n1-c1ccccc1I. The standard InChI is InChI=1S/C14H16IN3/c1-10-16-17-14(11-6-2-3-7-11)18(10)13-9-5-4-8-12(13)15/h4-5,8-9,11H,2-3,6-7H2,1H3. The molecule has 0 atom stereocenters. The lowest BCUT2D eigenvalue weighted by Crippen LogP contribution is -2.08. The van der Waals surface area contributed by atoms with E-state index in [9.17, 15) is 0 Å². The zero-order valence-corrected chi connectivity index (χ0v) is 12.6. The summed E-state index contributed by atoms with van der Waals surface area (Å²) in [5, 5.41) is 8.71. The molecule has 3 nitrogen and oxygen atoms in total. The summed E-state index contributed by atoms with van der Waals surface area (Å²) in [7, 11) is 0. The van der Waals surface area contributed by atoms with Crippen LogP contribution in [0.4, 0.5) is 0 Å². The van der Waals surface area contributed by atoms with E-state index in [2.05, 4.69) is 61.6 Å². The molecular weight excluding hydrogens is 337 g/mol. The highest BCUT2D eigenvalue weighted by Gasteiger charge is 2.24. The van der Waals surface area contributed by atoms with E-state index in [-0.39, 0.29) is 0 Å². The van der Waals surface area contributed by atoms with E-state index < -0.39 is 0 Å². The van der Waals surface area contributed by atoms with Gasteiger partial charge in [0, 0.05) is 9.49 Å². The maximum atomic E-state index is 4.42. The second-order valence-electron chi connectivity index (χ2n) is 4.87. The lowest BCUT2D eigenvalue weighted by Gasteiger charge is -2.14. The number of rotatable bonds is 2. The second kappa shape index (κ2) is 4.99. The molecule has 1 aliphatic rings. The molecule has 0 radical (unpaired) electrons. The van der Waals surface area contributed by atoms with Crippen LogP contribution in [0, 0.1) is 10.5 Å². The third-order valence-electron chi connectivity index (χ3n) is 3.66. The Labute approximate surface area is 121 Å². The van der Waals surface area contributed by atoms with Crippen molar-refractivity contribution < 1.29 is 0 Å². The van der Waals surface area contributed by atoms with Gasteiger partial charge in [-0.1, -0.05) is 25.0 Å². The van der Waals surface area contributed by atoms with Crippen molar-refractivity contribution in [2.45, 2.75) is 38.5 Å². The Bertz CT molecular complexity index is 556. The minimum atomic E-state index is 0.585. The summed E-state index contributed by atoms with van der Waals surface area (Å²) < 4.78 is 3.48. The Hall–Kier alpha value is -0.910. The molecule has 94 valence electrons. The first-order valence-electron chi connectivity index (χ1n) is 6.44. The molecular formula is C14H16IN3. The Morgan fingerprint density at radius 3 is 2.61 bits per heavy atom. The third kappa shape index (κ3) is 2.06. The van der Waals surface area contributed by atoms with E-state index >= 15 is 0 Å². The van der Waals surface area contributed by atoms with E-state index in [0.717, 1.165) is 11.6 Å². The summed E-state index contributed by atoms with van der Waals surface area (Å²) in [5.74, 6) is 2.72. The van der Waals surface area contributed by atoms with Crippen molar-refractivity contribution in [3.05, 3.63) is 39.5 Å². The number of benzene rings is 1. The van der Waals surface area contributed by atoms with Crippen LogP contribution in [-0.2, 0) is 0 Å². The second-order valence-corrected chi connectivity index (χ2v) is 6.04. The van der Waals surface area contributed by atoms with Crippen LogP contribution < -0.4 is 0 Å². The molecule has 1 saturated carbocycles. The number of aromatic nitrogens is 3. The number of nitrogens with zero attached hydrogens (tertiary/aromatic N) is 3. The van der Waals surface area contributed by atoms with Gasteiger partial charge in [-0.25, -0.2) is 0 Å². The summed E-state index contributed by atoms with van der Waals surface area (Å²) in [5.41, 5.74) is 1.21. The topological polar surface area (TPSA) is 30.7 Å². The maximum absolute atomic E-state index is 4.42. The minimum absolute atomic E-state index is 0.585. The minimum Gasteiger partial charge on any atom is -0.282 e. The van der Waals surface area contributed by atoms with Crippen molar-refractivity contribution in [3.8, 4) is 5.69 Å². The van der Waals surface area contributed by atoms with E-state index in [4.69, 9.17) is 0 Å². The lowest BCUT2D eigenvalue weighted by atomic mass is 10.1. The fourth-order valence-electron chi connectivity index (χ4n) is 2.76. The molecule has 1 aliphatic carbocycles. The van der Waals surface area contributed by atoms with Crippen LogP contribution in [0.15, 0.2) is 24.3 Å². The van der Waals surface area contributed by atoms with Gasteiger partial charge in [0.15, 0.2) is 0 Å². The zero-order valence-electron chi connectivity index (χ0n) is 10.4. The Morgan fingerprint density at radius 1 is 1.17 bits per heavy atom. The van der Waals surface area contributed by atoms with Crippen molar-refractivity contribution in [1.82, 2.24) is 14.8 Å². The van der Waals surface area contributed by atoms with Gasteiger partial charge in [-0.05, 0) is 54.5 Å². The number of aryl methyl sites for hydroxylation is 1. The largest absolute Gasteiger partial charge is 0.282 e. The first-order chi connectivity index (χ1) is 8.77. The molecule has 0 saturated heterocycles. The molecule has 0 amide bonds. The molecule has 1 fully saturated rings.